The molecular weight excluding hydrogens is 168 g/mol. The van der Waals surface area contributed by atoms with Crippen molar-refractivity contribution < 1.29 is 9.90 Å². The summed E-state index contributed by atoms with van der Waals surface area (Å²) in [6.45, 7) is 1.82. The van der Waals surface area contributed by atoms with Gasteiger partial charge in [0, 0.05) is 19.0 Å². The van der Waals surface area contributed by atoms with Crippen molar-refractivity contribution >= 4 is 5.91 Å². The van der Waals surface area contributed by atoms with Gasteiger partial charge >= 0.3 is 0 Å². The first-order valence-electron chi connectivity index (χ1n) is 3.96. The van der Waals surface area contributed by atoms with Crippen molar-refractivity contribution in [1.82, 2.24) is 10.9 Å². The first-order chi connectivity index (χ1) is 6.20. The zero-order valence-electron chi connectivity index (χ0n) is 7.37. The minimum Gasteiger partial charge on any atom is -0.508 e. The molecule has 1 aromatic carbocycles. The fourth-order valence-electron chi connectivity index (χ4n) is 0.924. The quantitative estimate of drug-likeness (QED) is 0.595. The number of rotatable bonds is 3. The van der Waals surface area contributed by atoms with Crippen molar-refractivity contribution in [1.29, 1.82) is 0 Å². The van der Waals surface area contributed by atoms with Crippen molar-refractivity contribution in [3.05, 3.63) is 29.8 Å². The number of hydrogen-bond acceptors (Lipinski definition) is 3. The molecule has 4 nitrogen and oxygen atoms in total. The lowest BCUT2D eigenvalue weighted by Crippen LogP contribution is -2.34. The predicted molar refractivity (Wildman–Crippen MR) is 48.8 cm³/mol. The molecule has 1 amide bonds. The highest BCUT2D eigenvalue weighted by atomic mass is 16.3. The van der Waals surface area contributed by atoms with Gasteiger partial charge in [-0.25, -0.2) is 5.43 Å². The first kappa shape index (κ1) is 9.54. The van der Waals surface area contributed by atoms with Gasteiger partial charge in [0.05, 0.1) is 0 Å². The van der Waals surface area contributed by atoms with E-state index in [1.165, 1.54) is 6.92 Å². The monoisotopic (exact) mass is 180 g/mol. The molecule has 1 aromatic rings. The van der Waals surface area contributed by atoms with Gasteiger partial charge in [0.1, 0.15) is 5.75 Å². The van der Waals surface area contributed by atoms with Gasteiger partial charge in [-0.15, -0.1) is 0 Å². The minimum absolute atomic E-state index is 0.157. The molecule has 0 spiro atoms. The van der Waals surface area contributed by atoms with Crippen LogP contribution in [0.4, 0.5) is 0 Å². The zero-order valence-corrected chi connectivity index (χ0v) is 7.37. The Hall–Kier alpha value is -1.55. The standard InChI is InChI=1S/C9H12N2O2/c1-7(12)11-10-6-8-4-2-3-5-9(8)13/h2-5,10,13H,6H2,1H3,(H,11,12). The number of para-hydroxylation sites is 1. The van der Waals surface area contributed by atoms with Gasteiger partial charge in [-0.3, -0.25) is 10.2 Å². The minimum atomic E-state index is -0.157. The summed E-state index contributed by atoms with van der Waals surface area (Å²) in [4.78, 5) is 10.5. The molecule has 0 saturated carbocycles. The van der Waals surface area contributed by atoms with Crippen LogP contribution in [0.5, 0.6) is 5.75 Å². The van der Waals surface area contributed by atoms with Crippen molar-refractivity contribution in [3.63, 3.8) is 0 Å². The van der Waals surface area contributed by atoms with E-state index in [0.717, 1.165) is 5.56 Å². The first-order valence-corrected chi connectivity index (χ1v) is 3.96. The van der Waals surface area contributed by atoms with Crippen LogP contribution in [-0.4, -0.2) is 11.0 Å². The number of nitrogens with one attached hydrogen (secondary N) is 2. The maximum absolute atomic E-state index is 10.5. The maximum atomic E-state index is 10.5. The second-order valence-electron chi connectivity index (χ2n) is 2.66. The lowest BCUT2D eigenvalue weighted by Gasteiger charge is -2.05. The molecule has 0 atom stereocenters. The summed E-state index contributed by atoms with van der Waals surface area (Å²) in [7, 11) is 0. The van der Waals surface area contributed by atoms with Gasteiger partial charge in [0.25, 0.3) is 0 Å². The van der Waals surface area contributed by atoms with Crippen LogP contribution in [0.15, 0.2) is 24.3 Å². The third-order valence-corrected chi connectivity index (χ3v) is 1.53. The van der Waals surface area contributed by atoms with Crippen LogP contribution in [0.1, 0.15) is 12.5 Å². The Morgan fingerprint density at radius 1 is 1.46 bits per heavy atom. The molecule has 1 rings (SSSR count). The van der Waals surface area contributed by atoms with E-state index in [0.29, 0.717) is 6.54 Å². The van der Waals surface area contributed by atoms with Crippen LogP contribution < -0.4 is 10.9 Å². The van der Waals surface area contributed by atoms with Crippen LogP contribution in [0, 0.1) is 0 Å². The van der Waals surface area contributed by atoms with Crippen LogP contribution in [0.25, 0.3) is 0 Å². The number of aromatic hydroxyl groups is 1. The Morgan fingerprint density at radius 3 is 2.77 bits per heavy atom. The molecule has 4 heteroatoms. The van der Waals surface area contributed by atoms with E-state index in [1.807, 2.05) is 6.07 Å². The number of hydrogen-bond donors (Lipinski definition) is 3. The van der Waals surface area contributed by atoms with Crippen molar-refractivity contribution in [2.45, 2.75) is 13.5 Å². The highest BCUT2D eigenvalue weighted by Gasteiger charge is 1.97. The number of benzene rings is 1. The molecule has 0 saturated heterocycles. The molecule has 0 heterocycles. The van der Waals surface area contributed by atoms with Gasteiger partial charge in [0.15, 0.2) is 0 Å². The number of carbonyl (C=O) groups excluding carboxylic acids is 1. The van der Waals surface area contributed by atoms with E-state index in [1.54, 1.807) is 18.2 Å². The van der Waals surface area contributed by atoms with Gasteiger partial charge in [-0.05, 0) is 6.07 Å². The van der Waals surface area contributed by atoms with Crippen molar-refractivity contribution in [2.24, 2.45) is 0 Å². The summed E-state index contributed by atoms with van der Waals surface area (Å²) < 4.78 is 0. The Kier molecular flexibility index (Phi) is 3.28. The predicted octanol–water partition coefficient (Wildman–Crippen LogP) is 0.533. The molecule has 0 unspecified atom stereocenters. The molecule has 3 N–H and O–H groups in total. The van der Waals surface area contributed by atoms with E-state index in [2.05, 4.69) is 10.9 Å². The van der Waals surface area contributed by atoms with Gasteiger partial charge < -0.3 is 5.11 Å². The molecule has 0 aliphatic heterocycles. The normalized spacial score (nSPS) is 9.62. The molecule has 0 radical (unpaired) electrons. The molecule has 0 aromatic heterocycles. The lowest BCUT2D eigenvalue weighted by molar-refractivity contribution is -0.119. The fourth-order valence-corrected chi connectivity index (χ4v) is 0.924. The SMILES string of the molecule is CC(=O)NNCc1ccccc1O. The molecule has 0 bridgehead atoms. The lowest BCUT2D eigenvalue weighted by atomic mass is 10.2. The van der Waals surface area contributed by atoms with E-state index in [-0.39, 0.29) is 11.7 Å². The summed E-state index contributed by atoms with van der Waals surface area (Å²) in [5.41, 5.74) is 5.85. The molecule has 13 heavy (non-hydrogen) atoms. The molecular formula is C9H12N2O2. The van der Waals surface area contributed by atoms with Crippen LogP contribution in [0.3, 0.4) is 0 Å². The second kappa shape index (κ2) is 4.47. The molecule has 0 aliphatic rings. The number of hydrazine groups is 1. The average Bonchev–Trinajstić information content (AvgIpc) is 2.08. The van der Waals surface area contributed by atoms with Crippen LogP contribution in [0.2, 0.25) is 0 Å². The third kappa shape index (κ3) is 3.13. The summed E-state index contributed by atoms with van der Waals surface area (Å²) in [5.74, 6) is 0.0655. The van der Waals surface area contributed by atoms with Crippen LogP contribution >= 0.6 is 0 Å². The Bertz CT molecular complexity index is 299. The highest BCUT2D eigenvalue weighted by Crippen LogP contribution is 2.14. The van der Waals surface area contributed by atoms with Gasteiger partial charge in [-0.2, -0.15) is 0 Å². The van der Waals surface area contributed by atoms with Gasteiger partial charge in [-0.1, -0.05) is 18.2 Å². The number of carbonyl (C=O) groups is 1. The average molecular weight is 180 g/mol. The maximum Gasteiger partial charge on any atom is 0.230 e. The zero-order chi connectivity index (χ0) is 9.68. The summed E-state index contributed by atoms with van der Waals surface area (Å²) in [6.07, 6.45) is 0. The second-order valence-corrected chi connectivity index (χ2v) is 2.66. The third-order valence-electron chi connectivity index (χ3n) is 1.53. The molecule has 0 aliphatic carbocycles. The highest BCUT2D eigenvalue weighted by molar-refractivity contribution is 5.72. The van der Waals surface area contributed by atoms with E-state index < -0.39 is 0 Å². The fraction of sp³-hybridized carbons (Fsp3) is 0.222. The Morgan fingerprint density at radius 2 is 2.15 bits per heavy atom. The van der Waals surface area contributed by atoms with Crippen molar-refractivity contribution in [3.8, 4) is 5.75 Å². The van der Waals surface area contributed by atoms with E-state index >= 15 is 0 Å². The summed E-state index contributed by atoms with van der Waals surface area (Å²) in [6, 6.07) is 6.96. The molecule has 0 fully saturated rings. The smallest absolute Gasteiger partial charge is 0.230 e. The Balaban J connectivity index is 2.45. The number of phenols is 1. The van der Waals surface area contributed by atoms with E-state index in [9.17, 15) is 9.90 Å². The van der Waals surface area contributed by atoms with Gasteiger partial charge in [0.2, 0.25) is 5.91 Å². The number of amides is 1. The van der Waals surface area contributed by atoms with Crippen LogP contribution in [-0.2, 0) is 11.3 Å². The summed E-state index contributed by atoms with van der Waals surface area (Å²) in [5, 5.41) is 9.32. The molecule has 70 valence electrons. The largest absolute Gasteiger partial charge is 0.508 e. The topological polar surface area (TPSA) is 61.4 Å². The summed E-state index contributed by atoms with van der Waals surface area (Å²) >= 11 is 0. The number of phenolic OH excluding ortho intramolecular Hbond substituents is 1. The Labute approximate surface area is 76.6 Å². The van der Waals surface area contributed by atoms with E-state index in [4.69, 9.17) is 0 Å². The van der Waals surface area contributed by atoms with Crippen molar-refractivity contribution in [2.75, 3.05) is 0 Å².